The van der Waals surface area contributed by atoms with Gasteiger partial charge in [0.25, 0.3) is 0 Å². The van der Waals surface area contributed by atoms with Gasteiger partial charge in [0.1, 0.15) is 0 Å². The minimum atomic E-state index is 0.113. The van der Waals surface area contributed by atoms with E-state index in [1.165, 1.54) is 0 Å². The van der Waals surface area contributed by atoms with E-state index in [4.69, 9.17) is 12.2 Å². The minimum Gasteiger partial charge on any atom is -0.302 e. The predicted molar refractivity (Wildman–Crippen MR) is 62.1 cm³/mol. The van der Waals surface area contributed by atoms with Crippen molar-refractivity contribution in [2.45, 2.75) is 26.7 Å². The van der Waals surface area contributed by atoms with E-state index in [0.29, 0.717) is 12.5 Å². The van der Waals surface area contributed by atoms with Gasteiger partial charge >= 0.3 is 0 Å². The molecule has 1 unspecified atom stereocenters. The molecule has 0 aromatic heterocycles. The average molecular weight is 211 g/mol. The van der Waals surface area contributed by atoms with Crippen LogP contribution in [0.15, 0.2) is 12.7 Å². The lowest BCUT2D eigenvalue weighted by atomic mass is 9.96. The molecule has 1 aliphatic rings. The topological polar surface area (TPSA) is 20.3 Å². The molecule has 0 radical (unpaired) electrons. The Labute approximate surface area is 91.0 Å². The fraction of sp³-hybridized carbons (Fsp3) is 0.636. The molecular weight excluding hydrogens is 194 g/mol. The molecule has 3 heteroatoms. The lowest BCUT2D eigenvalue weighted by Gasteiger charge is -2.14. The summed E-state index contributed by atoms with van der Waals surface area (Å²) in [5.74, 6) is 0.849. The Balaban J connectivity index is 2.64. The quantitative estimate of drug-likeness (QED) is 0.525. The monoisotopic (exact) mass is 211 g/mol. The first-order valence-electron chi connectivity index (χ1n) is 5.01. The second-order valence-corrected chi connectivity index (χ2v) is 4.63. The first kappa shape index (κ1) is 11.4. The maximum Gasteiger partial charge on any atom is 0.231 e. The van der Waals surface area contributed by atoms with E-state index in [1.807, 2.05) is 0 Å². The Bertz CT molecular complexity index is 260. The Morgan fingerprint density at radius 3 is 2.86 bits per heavy atom. The highest BCUT2D eigenvalue weighted by Crippen LogP contribution is 2.26. The van der Waals surface area contributed by atoms with Gasteiger partial charge in [0.2, 0.25) is 5.91 Å². The van der Waals surface area contributed by atoms with Crippen molar-refractivity contribution in [2.24, 2.45) is 11.8 Å². The normalized spacial score (nSPS) is 22.2. The van der Waals surface area contributed by atoms with E-state index in [9.17, 15) is 4.79 Å². The van der Waals surface area contributed by atoms with Crippen LogP contribution in [0.4, 0.5) is 0 Å². The van der Waals surface area contributed by atoms with Gasteiger partial charge in [0, 0.05) is 18.9 Å². The average Bonchev–Trinajstić information content (AvgIpc) is 2.32. The van der Waals surface area contributed by atoms with Gasteiger partial charge in [-0.25, -0.2) is 0 Å². The molecule has 0 bridgehead atoms. The summed E-state index contributed by atoms with van der Waals surface area (Å²) in [4.78, 5) is 14.3. The SMILES string of the molecule is C=CCN1C(=O)C(CC(C)C)CC1=S. The van der Waals surface area contributed by atoms with Gasteiger partial charge < -0.3 is 4.90 Å². The van der Waals surface area contributed by atoms with Crippen LogP contribution in [0.1, 0.15) is 26.7 Å². The molecule has 78 valence electrons. The number of hydrogen-bond acceptors (Lipinski definition) is 2. The summed E-state index contributed by atoms with van der Waals surface area (Å²) in [7, 11) is 0. The molecule has 0 aromatic rings. The number of carbonyl (C=O) groups excluding carboxylic acids is 1. The Morgan fingerprint density at radius 1 is 1.71 bits per heavy atom. The molecule has 1 aliphatic heterocycles. The van der Waals surface area contributed by atoms with Crippen LogP contribution >= 0.6 is 12.2 Å². The molecule has 0 aromatic carbocycles. The number of likely N-dealkylation sites (tertiary alicyclic amines) is 1. The number of amides is 1. The molecule has 1 atom stereocenters. The van der Waals surface area contributed by atoms with Crippen LogP contribution in [-0.2, 0) is 4.79 Å². The molecule has 1 heterocycles. The zero-order chi connectivity index (χ0) is 10.7. The van der Waals surface area contributed by atoms with Crippen LogP contribution in [0.5, 0.6) is 0 Å². The number of thiocarbonyl (C=S) groups is 1. The predicted octanol–water partition coefficient (Wildman–Crippen LogP) is 2.39. The van der Waals surface area contributed by atoms with E-state index in [-0.39, 0.29) is 11.8 Å². The summed E-state index contributed by atoms with van der Waals surface area (Å²) in [6.07, 6.45) is 3.41. The van der Waals surface area contributed by atoms with Crippen LogP contribution in [0.3, 0.4) is 0 Å². The molecule has 1 rings (SSSR count). The molecular formula is C11H17NOS. The smallest absolute Gasteiger partial charge is 0.231 e. The standard InChI is InChI=1S/C11H17NOS/c1-4-5-12-10(14)7-9(11(12)13)6-8(2)3/h4,8-9H,1,5-7H2,2-3H3. The summed E-state index contributed by atoms with van der Waals surface area (Å²) in [5, 5.41) is 0. The van der Waals surface area contributed by atoms with E-state index in [1.54, 1.807) is 11.0 Å². The van der Waals surface area contributed by atoms with E-state index in [0.717, 1.165) is 17.8 Å². The fourth-order valence-electron chi connectivity index (χ4n) is 1.83. The second-order valence-electron chi connectivity index (χ2n) is 4.16. The molecule has 1 amide bonds. The summed E-state index contributed by atoms with van der Waals surface area (Å²) >= 11 is 5.17. The minimum absolute atomic E-state index is 0.113. The fourth-order valence-corrected chi connectivity index (χ4v) is 2.19. The van der Waals surface area contributed by atoms with Crippen molar-refractivity contribution in [3.05, 3.63) is 12.7 Å². The van der Waals surface area contributed by atoms with Crippen molar-refractivity contribution in [1.82, 2.24) is 4.90 Å². The lowest BCUT2D eigenvalue weighted by molar-refractivity contribution is -0.129. The summed E-state index contributed by atoms with van der Waals surface area (Å²) in [6.45, 7) is 8.45. The molecule has 2 nitrogen and oxygen atoms in total. The van der Waals surface area contributed by atoms with Crippen LogP contribution in [0, 0.1) is 11.8 Å². The highest BCUT2D eigenvalue weighted by molar-refractivity contribution is 7.80. The molecule has 14 heavy (non-hydrogen) atoms. The van der Waals surface area contributed by atoms with Gasteiger partial charge in [-0.15, -0.1) is 6.58 Å². The molecule has 0 spiro atoms. The first-order chi connectivity index (χ1) is 6.56. The van der Waals surface area contributed by atoms with Gasteiger partial charge in [0.05, 0.1) is 4.99 Å². The second kappa shape index (κ2) is 4.69. The molecule has 0 saturated carbocycles. The largest absolute Gasteiger partial charge is 0.302 e. The highest BCUT2D eigenvalue weighted by atomic mass is 32.1. The number of nitrogens with zero attached hydrogens (tertiary/aromatic N) is 1. The maximum atomic E-state index is 11.8. The van der Waals surface area contributed by atoms with Crippen molar-refractivity contribution >= 4 is 23.1 Å². The molecule has 0 N–H and O–H groups in total. The Morgan fingerprint density at radius 2 is 2.36 bits per heavy atom. The van der Waals surface area contributed by atoms with Crippen LogP contribution in [-0.4, -0.2) is 22.3 Å². The Hall–Kier alpha value is -0.700. The Kier molecular flexibility index (Phi) is 3.81. The van der Waals surface area contributed by atoms with Gasteiger partial charge in [-0.05, 0) is 12.3 Å². The van der Waals surface area contributed by atoms with Crippen LogP contribution in [0.25, 0.3) is 0 Å². The third-order valence-electron chi connectivity index (χ3n) is 2.40. The maximum absolute atomic E-state index is 11.8. The van der Waals surface area contributed by atoms with Crippen molar-refractivity contribution in [3.8, 4) is 0 Å². The zero-order valence-corrected chi connectivity index (χ0v) is 9.64. The lowest BCUT2D eigenvalue weighted by Crippen LogP contribution is -2.30. The van der Waals surface area contributed by atoms with Crippen molar-refractivity contribution in [1.29, 1.82) is 0 Å². The molecule has 1 fully saturated rings. The summed E-state index contributed by atoms with van der Waals surface area (Å²) in [6, 6.07) is 0. The van der Waals surface area contributed by atoms with E-state index < -0.39 is 0 Å². The van der Waals surface area contributed by atoms with Crippen LogP contribution < -0.4 is 0 Å². The van der Waals surface area contributed by atoms with Gasteiger partial charge in [-0.2, -0.15) is 0 Å². The number of carbonyl (C=O) groups is 1. The zero-order valence-electron chi connectivity index (χ0n) is 8.82. The van der Waals surface area contributed by atoms with Gasteiger partial charge in [-0.1, -0.05) is 32.1 Å². The van der Waals surface area contributed by atoms with E-state index in [2.05, 4.69) is 20.4 Å². The van der Waals surface area contributed by atoms with Crippen LogP contribution in [0.2, 0.25) is 0 Å². The third kappa shape index (κ3) is 2.41. The van der Waals surface area contributed by atoms with Gasteiger partial charge in [-0.3, -0.25) is 4.79 Å². The number of rotatable bonds is 4. The molecule has 0 aliphatic carbocycles. The third-order valence-corrected chi connectivity index (χ3v) is 2.79. The van der Waals surface area contributed by atoms with Gasteiger partial charge in [0.15, 0.2) is 0 Å². The van der Waals surface area contributed by atoms with Crippen molar-refractivity contribution < 1.29 is 4.79 Å². The van der Waals surface area contributed by atoms with Crippen molar-refractivity contribution in [2.75, 3.05) is 6.54 Å². The summed E-state index contributed by atoms with van der Waals surface area (Å²) < 4.78 is 0. The molecule has 1 saturated heterocycles. The number of hydrogen-bond donors (Lipinski definition) is 0. The highest BCUT2D eigenvalue weighted by Gasteiger charge is 2.34. The first-order valence-corrected chi connectivity index (χ1v) is 5.42. The summed E-state index contributed by atoms with van der Waals surface area (Å²) in [5.41, 5.74) is 0. The van der Waals surface area contributed by atoms with E-state index >= 15 is 0 Å². The van der Waals surface area contributed by atoms with Crippen molar-refractivity contribution in [3.63, 3.8) is 0 Å².